The molecule has 0 fully saturated rings. The van der Waals surface area contributed by atoms with Crippen LogP contribution in [-0.2, 0) is 6.54 Å². The third-order valence-electron chi connectivity index (χ3n) is 3.33. The molecule has 22 heavy (non-hydrogen) atoms. The van der Waals surface area contributed by atoms with Crippen molar-refractivity contribution in [1.82, 2.24) is 20.1 Å². The first-order valence-corrected chi connectivity index (χ1v) is 6.85. The maximum Gasteiger partial charge on any atom is 0.194 e. The maximum absolute atomic E-state index is 13.3. The Labute approximate surface area is 125 Å². The number of halogens is 3. The quantitative estimate of drug-likeness (QED) is 0.765. The van der Waals surface area contributed by atoms with E-state index in [1.165, 1.54) is 6.33 Å². The molecule has 5 nitrogen and oxygen atoms in total. The minimum atomic E-state index is -1.51. The molecule has 2 rings (SSSR count). The molecule has 0 aliphatic carbocycles. The zero-order valence-corrected chi connectivity index (χ0v) is 12.0. The third kappa shape index (κ3) is 4.05. The lowest BCUT2D eigenvalue weighted by Crippen LogP contribution is -2.33. The number of nitrogens with one attached hydrogen (secondary N) is 1. The van der Waals surface area contributed by atoms with Crippen molar-refractivity contribution in [2.75, 3.05) is 6.61 Å². The average molecular weight is 314 g/mol. The first kappa shape index (κ1) is 16.4. The summed E-state index contributed by atoms with van der Waals surface area (Å²) in [6.07, 6.45) is 3.69. The fourth-order valence-corrected chi connectivity index (χ4v) is 2.13. The van der Waals surface area contributed by atoms with E-state index in [9.17, 15) is 18.3 Å². The van der Waals surface area contributed by atoms with E-state index in [2.05, 4.69) is 15.4 Å². The molecule has 0 radical (unpaired) electrons. The van der Waals surface area contributed by atoms with E-state index >= 15 is 0 Å². The summed E-state index contributed by atoms with van der Waals surface area (Å²) in [7, 11) is 0. The monoisotopic (exact) mass is 314 g/mol. The van der Waals surface area contributed by atoms with Crippen LogP contribution >= 0.6 is 0 Å². The Morgan fingerprint density at radius 1 is 1.27 bits per heavy atom. The molecule has 1 aromatic heterocycles. The van der Waals surface area contributed by atoms with Crippen LogP contribution in [0.15, 0.2) is 24.8 Å². The summed E-state index contributed by atoms with van der Waals surface area (Å²) in [6, 6.07) is 1.03. The Morgan fingerprint density at radius 3 is 2.50 bits per heavy atom. The molecule has 0 aliphatic rings. The van der Waals surface area contributed by atoms with E-state index in [0.717, 1.165) is 12.1 Å². The number of aryl methyl sites for hydroxylation is 1. The highest BCUT2D eigenvalue weighted by Gasteiger charge is 2.18. The van der Waals surface area contributed by atoms with Gasteiger partial charge in [0.05, 0.1) is 12.6 Å². The van der Waals surface area contributed by atoms with Crippen LogP contribution in [0.4, 0.5) is 13.2 Å². The van der Waals surface area contributed by atoms with Gasteiger partial charge in [0.1, 0.15) is 12.7 Å². The number of benzene rings is 1. The number of hydrogen-bond donors (Lipinski definition) is 2. The SMILES string of the molecule is CC(CCn1cncn1)NC(CO)c1cc(F)c(F)c(F)c1. The average Bonchev–Trinajstić information content (AvgIpc) is 3.01. The molecule has 0 saturated heterocycles. The summed E-state index contributed by atoms with van der Waals surface area (Å²) in [6.45, 7) is 2.12. The molecule has 2 unspecified atom stereocenters. The molecule has 2 atom stereocenters. The smallest absolute Gasteiger partial charge is 0.194 e. The summed E-state index contributed by atoms with van der Waals surface area (Å²) in [5.74, 6) is -4.06. The van der Waals surface area contributed by atoms with Crippen molar-refractivity contribution in [3.8, 4) is 0 Å². The lowest BCUT2D eigenvalue weighted by molar-refractivity contribution is 0.230. The van der Waals surface area contributed by atoms with Gasteiger partial charge in [-0.3, -0.25) is 4.68 Å². The van der Waals surface area contributed by atoms with E-state index < -0.39 is 23.5 Å². The second kappa shape index (κ2) is 7.37. The van der Waals surface area contributed by atoms with Gasteiger partial charge >= 0.3 is 0 Å². The van der Waals surface area contributed by atoms with E-state index in [4.69, 9.17) is 0 Å². The Kier molecular flexibility index (Phi) is 5.51. The molecule has 120 valence electrons. The van der Waals surface area contributed by atoms with Gasteiger partial charge < -0.3 is 10.4 Å². The highest BCUT2D eigenvalue weighted by Crippen LogP contribution is 2.20. The van der Waals surface area contributed by atoms with Crippen molar-refractivity contribution in [2.45, 2.75) is 32.0 Å². The van der Waals surface area contributed by atoms with Gasteiger partial charge in [-0.05, 0) is 31.0 Å². The van der Waals surface area contributed by atoms with Crippen LogP contribution in [0, 0.1) is 17.5 Å². The second-order valence-electron chi connectivity index (χ2n) is 5.05. The Morgan fingerprint density at radius 2 is 1.95 bits per heavy atom. The molecule has 1 heterocycles. The number of nitrogens with zero attached hydrogens (tertiary/aromatic N) is 3. The summed E-state index contributed by atoms with van der Waals surface area (Å²) in [5, 5.41) is 16.4. The normalized spacial score (nSPS) is 14.0. The molecule has 0 aliphatic heterocycles. The van der Waals surface area contributed by atoms with Crippen molar-refractivity contribution >= 4 is 0 Å². The first-order chi connectivity index (χ1) is 10.5. The van der Waals surface area contributed by atoms with Crippen LogP contribution in [0.1, 0.15) is 24.9 Å². The summed E-state index contributed by atoms with van der Waals surface area (Å²) in [5.41, 5.74) is 0.159. The van der Waals surface area contributed by atoms with E-state index in [1.54, 1.807) is 11.0 Å². The lowest BCUT2D eigenvalue weighted by Gasteiger charge is -2.22. The molecule has 0 bridgehead atoms. The van der Waals surface area contributed by atoms with Gasteiger partial charge in [-0.1, -0.05) is 0 Å². The van der Waals surface area contributed by atoms with Gasteiger partial charge in [-0.15, -0.1) is 0 Å². The Balaban J connectivity index is 1.99. The van der Waals surface area contributed by atoms with Crippen LogP contribution in [0.25, 0.3) is 0 Å². The molecule has 8 heteroatoms. The fourth-order valence-electron chi connectivity index (χ4n) is 2.13. The van der Waals surface area contributed by atoms with Crippen LogP contribution in [-0.4, -0.2) is 32.5 Å². The summed E-state index contributed by atoms with van der Waals surface area (Å²) >= 11 is 0. The van der Waals surface area contributed by atoms with Crippen molar-refractivity contribution < 1.29 is 18.3 Å². The van der Waals surface area contributed by atoms with E-state index in [-0.39, 0.29) is 18.2 Å². The minimum Gasteiger partial charge on any atom is -0.394 e. The van der Waals surface area contributed by atoms with Crippen molar-refractivity contribution in [1.29, 1.82) is 0 Å². The summed E-state index contributed by atoms with van der Waals surface area (Å²) < 4.78 is 41.2. The van der Waals surface area contributed by atoms with Gasteiger partial charge in [0.25, 0.3) is 0 Å². The second-order valence-corrected chi connectivity index (χ2v) is 5.05. The van der Waals surface area contributed by atoms with Gasteiger partial charge in [0, 0.05) is 12.6 Å². The first-order valence-electron chi connectivity index (χ1n) is 6.85. The molecule has 1 aromatic carbocycles. The van der Waals surface area contributed by atoms with E-state index in [1.807, 2.05) is 6.92 Å². The number of aliphatic hydroxyl groups excluding tert-OH is 1. The number of aliphatic hydroxyl groups is 1. The number of aromatic nitrogens is 3. The van der Waals surface area contributed by atoms with Gasteiger partial charge in [0.15, 0.2) is 17.5 Å². The highest BCUT2D eigenvalue weighted by atomic mass is 19.2. The van der Waals surface area contributed by atoms with E-state index in [0.29, 0.717) is 13.0 Å². The summed E-state index contributed by atoms with van der Waals surface area (Å²) in [4.78, 5) is 3.83. The zero-order valence-electron chi connectivity index (χ0n) is 12.0. The van der Waals surface area contributed by atoms with Gasteiger partial charge in [-0.25, -0.2) is 18.2 Å². The topological polar surface area (TPSA) is 63.0 Å². The molecule has 2 aromatic rings. The molecule has 2 N–H and O–H groups in total. The van der Waals surface area contributed by atoms with Crippen LogP contribution < -0.4 is 5.32 Å². The number of rotatable bonds is 7. The maximum atomic E-state index is 13.3. The largest absolute Gasteiger partial charge is 0.394 e. The minimum absolute atomic E-state index is 0.0578. The molecular formula is C14H17F3N4O. The Hall–Kier alpha value is -1.93. The molecule has 0 amide bonds. The molecule has 0 saturated carbocycles. The molecule has 0 spiro atoms. The van der Waals surface area contributed by atoms with Crippen LogP contribution in [0.5, 0.6) is 0 Å². The van der Waals surface area contributed by atoms with Crippen LogP contribution in [0.3, 0.4) is 0 Å². The lowest BCUT2D eigenvalue weighted by atomic mass is 10.1. The number of hydrogen-bond acceptors (Lipinski definition) is 4. The third-order valence-corrected chi connectivity index (χ3v) is 3.33. The fraction of sp³-hybridized carbons (Fsp3) is 0.429. The van der Waals surface area contributed by atoms with Crippen molar-refractivity contribution in [3.63, 3.8) is 0 Å². The predicted molar refractivity (Wildman–Crippen MR) is 73.4 cm³/mol. The van der Waals surface area contributed by atoms with Crippen molar-refractivity contribution in [2.24, 2.45) is 0 Å². The van der Waals surface area contributed by atoms with Crippen molar-refractivity contribution in [3.05, 3.63) is 47.8 Å². The zero-order chi connectivity index (χ0) is 16.1. The van der Waals surface area contributed by atoms with Crippen LogP contribution in [0.2, 0.25) is 0 Å². The predicted octanol–water partition coefficient (Wildman–Crippen LogP) is 1.80. The van der Waals surface area contributed by atoms with Gasteiger partial charge in [0.2, 0.25) is 0 Å². The molecular weight excluding hydrogens is 297 g/mol. The Bertz CT molecular complexity index is 583. The standard InChI is InChI=1S/C14H17F3N4O/c1-9(2-3-21-8-18-7-19-21)20-13(6-22)10-4-11(15)14(17)12(16)5-10/h4-5,7-9,13,20,22H,2-3,6H2,1H3. The highest BCUT2D eigenvalue weighted by molar-refractivity contribution is 5.23. The van der Waals surface area contributed by atoms with Gasteiger partial charge in [-0.2, -0.15) is 5.10 Å².